The predicted molar refractivity (Wildman–Crippen MR) is 77.0 cm³/mol. The second-order valence-electron chi connectivity index (χ2n) is 5.20. The van der Waals surface area contributed by atoms with Crippen LogP contribution < -0.4 is 15.2 Å². The molecule has 1 aromatic rings. The van der Waals surface area contributed by atoms with Gasteiger partial charge in [-0.3, -0.25) is 4.79 Å². The number of methoxy groups -OCH3 is 2. The second kappa shape index (κ2) is 6.61. The zero-order valence-corrected chi connectivity index (χ0v) is 12.7. The van der Waals surface area contributed by atoms with Gasteiger partial charge in [-0.05, 0) is 38.5 Å². The Morgan fingerprint density at radius 1 is 1.35 bits per heavy atom. The molecule has 2 atom stereocenters. The Hall–Kier alpha value is -1.75. The molecule has 0 aromatic heterocycles. The van der Waals surface area contributed by atoms with Gasteiger partial charge in [-0.15, -0.1) is 0 Å². The lowest BCUT2D eigenvalue weighted by molar-refractivity contribution is -0.147. The molecule has 112 valence electrons. The minimum absolute atomic E-state index is 0.249. The average molecular weight is 281 g/mol. The summed E-state index contributed by atoms with van der Waals surface area (Å²) in [6.07, 6.45) is 0.0946. The quantitative estimate of drug-likeness (QED) is 0.808. The van der Waals surface area contributed by atoms with Gasteiger partial charge in [0.25, 0.3) is 0 Å². The van der Waals surface area contributed by atoms with E-state index in [9.17, 15) is 4.79 Å². The van der Waals surface area contributed by atoms with Gasteiger partial charge >= 0.3 is 5.97 Å². The summed E-state index contributed by atoms with van der Waals surface area (Å²) in [5.74, 6) is 0.837. The molecule has 2 N–H and O–H groups in total. The molecule has 0 aliphatic carbocycles. The molecule has 0 saturated heterocycles. The highest BCUT2D eigenvalue weighted by Crippen LogP contribution is 2.29. The number of carbonyl (C=O) groups is 1. The molecule has 2 unspecified atom stereocenters. The van der Waals surface area contributed by atoms with Crippen LogP contribution in [0.15, 0.2) is 18.2 Å². The molecule has 1 aromatic carbocycles. The van der Waals surface area contributed by atoms with Crippen molar-refractivity contribution in [2.75, 3.05) is 14.2 Å². The van der Waals surface area contributed by atoms with Gasteiger partial charge in [-0.1, -0.05) is 6.07 Å². The summed E-state index contributed by atoms with van der Waals surface area (Å²) in [6.45, 7) is 5.46. The van der Waals surface area contributed by atoms with Crippen LogP contribution in [0, 0.1) is 6.92 Å². The van der Waals surface area contributed by atoms with Gasteiger partial charge in [0.2, 0.25) is 0 Å². The fourth-order valence-electron chi connectivity index (χ4n) is 2.04. The second-order valence-corrected chi connectivity index (χ2v) is 5.20. The van der Waals surface area contributed by atoms with Crippen LogP contribution in [-0.4, -0.2) is 31.8 Å². The minimum atomic E-state index is -1.08. The molecule has 0 heterocycles. The third-order valence-electron chi connectivity index (χ3n) is 3.01. The SMILES string of the molecule is COC(=O)C(C)(N)CC(C)Oc1ccc(C)cc1OC. The Morgan fingerprint density at radius 2 is 2.00 bits per heavy atom. The van der Waals surface area contributed by atoms with Crippen LogP contribution in [0.4, 0.5) is 0 Å². The zero-order valence-electron chi connectivity index (χ0n) is 12.7. The topological polar surface area (TPSA) is 70.8 Å². The van der Waals surface area contributed by atoms with E-state index < -0.39 is 11.5 Å². The Bertz CT molecular complexity index is 471. The summed E-state index contributed by atoms with van der Waals surface area (Å²) >= 11 is 0. The third-order valence-corrected chi connectivity index (χ3v) is 3.01. The number of esters is 1. The van der Waals surface area contributed by atoms with Crippen molar-refractivity contribution in [3.63, 3.8) is 0 Å². The number of hydrogen-bond donors (Lipinski definition) is 1. The highest BCUT2D eigenvalue weighted by Gasteiger charge is 2.32. The van der Waals surface area contributed by atoms with Crippen molar-refractivity contribution < 1.29 is 19.0 Å². The normalized spacial score (nSPS) is 15.1. The highest BCUT2D eigenvalue weighted by molar-refractivity contribution is 5.79. The summed E-state index contributed by atoms with van der Waals surface area (Å²) in [5.41, 5.74) is 5.94. The number of hydrogen-bond acceptors (Lipinski definition) is 5. The molecule has 0 spiro atoms. The van der Waals surface area contributed by atoms with Crippen molar-refractivity contribution in [1.82, 2.24) is 0 Å². The summed E-state index contributed by atoms with van der Waals surface area (Å²) in [5, 5.41) is 0. The van der Waals surface area contributed by atoms with E-state index in [2.05, 4.69) is 4.74 Å². The molecular weight excluding hydrogens is 258 g/mol. The van der Waals surface area contributed by atoms with Crippen LogP contribution in [0.5, 0.6) is 11.5 Å². The molecule has 0 amide bonds. The van der Waals surface area contributed by atoms with E-state index in [0.29, 0.717) is 17.9 Å². The van der Waals surface area contributed by atoms with Crippen LogP contribution in [0.1, 0.15) is 25.8 Å². The van der Waals surface area contributed by atoms with E-state index in [4.69, 9.17) is 15.2 Å². The number of aryl methyl sites for hydroxylation is 1. The Balaban J connectivity index is 2.76. The van der Waals surface area contributed by atoms with E-state index in [-0.39, 0.29) is 6.10 Å². The van der Waals surface area contributed by atoms with Crippen LogP contribution in [0.2, 0.25) is 0 Å². The number of ether oxygens (including phenoxy) is 3. The van der Waals surface area contributed by atoms with Crippen molar-refractivity contribution in [3.05, 3.63) is 23.8 Å². The largest absolute Gasteiger partial charge is 0.493 e. The monoisotopic (exact) mass is 281 g/mol. The van der Waals surface area contributed by atoms with E-state index in [1.165, 1.54) is 7.11 Å². The van der Waals surface area contributed by atoms with Gasteiger partial charge in [0.15, 0.2) is 11.5 Å². The van der Waals surface area contributed by atoms with Crippen LogP contribution in [0.25, 0.3) is 0 Å². The highest BCUT2D eigenvalue weighted by atomic mass is 16.5. The van der Waals surface area contributed by atoms with Gasteiger partial charge in [0, 0.05) is 6.42 Å². The Morgan fingerprint density at radius 3 is 2.55 bits per heavy atom. The lowest BCUT2D eigenvalue weighted by Gasteiger charge is -2.26. The van der Waals surface area contributed by atoms with Gasteiger partial charge in [0.1, 0.15) is 5.54 Å². The molecule has 0 aliphatic rings. The van der Waals surface area contributed by atoms with Crippen LogP contribution in [0.3, 0.4) is 0 Å². The van der Waals surface area contributed by atoms with E-state index >= 15 is 0 Å². The molecule has 0 aliphatic heterocycles. The molecule has 20 heavy (non-hydrogen) atoms. The molecule has 5 heteroatoms. The maximum absolute atomic E-state index is 11.6. The number of nitrogens with two attached hydrogens (primary N) is 1. The molecule has 0 saturated carbocycles. The lowest BCUT2D eigenvalue weighted by atomic mass is 9.96. The van der Waals surface area contributed by atoms with Crippen molar-refractivity contribution in [2.24, 2.45) is 5.73 Å². The summed E-state index contributed by atoms with van der Waals surface area (Å²) < 4.78 is 15.8. The number of benzene rings is 1. The standard InChI is InChI=1S/C15H23NO4/c1-10-6-7-12(13(8-10)18-4)20-11(2)9-15(3,16)14(17)19-5/h6-8,11H,9,16H2,1-5H3. The van der Waals surface area contributed by atoms with E-state index in [1.807, 2.05) is 32.0 Å². The number of rotatable bonds is 6. The molecule has 1 rings (SSSR count). The van der Waals surface area contributed by atoms with Crippen molar-refractivity contribution >= 4 is 5.97 Å². The zero-order chi connectivity index (χ0) is 15.3. The molecular formula is C15H23NO4. The third kappa shape index (κ3) is 4.13. The Labute approximate surface area is 120 Å². The van der Waals surface area contributed by atoms with E-state index in [1.54, 1.807) is 14.0 Å². The maximum Gasteiger partial charge on any atom is 0.325 e. The molecule has 0 fully saturated rings. The smallest absolute Gasteiger partial charge is 0.325 e. The first-order chi connectivity index (χ1) is 9.30. The van der Waals surface area contributed by atoms with Crippen molar-refractivity contribution in [3.8, 4) is 11.5 Å². The van der Waals surface area contributed by atoms with E-state index in [0.717, 1.165) is 5.56 Å². The van der Waals surface area contributed by atoms with Gasteiger partial charge < -0.3 is 19.9 Å². The van der Waals surface area contributed by atoms with Crippen molar-refractivity contribution in [1.29, 1.82) is 0 Å². The number of carbonyl (C=O) groups excluding carboxylic acids is 1. The van der Waals surface area contributed by atoms with Gasteiger partial charge in [-0.2, -0.15) is 0 Å². The Kier molecular flexibility index (Phi) is 5.39. The first-order valence-corrected chi connectivity index (χ1v) is 6.48. The summed E-state index contributed by atoms with van der Waals surface area (Å²) in [7, 11) is 2.91. The summed E-state index contributed by atoms with van der Waals surface area (Å²) in [4.78, 5) is 11.6. The van der Waals surface area contributed by atoms with Gasteiger partial charge in [0.05, 0.1) is 20.3 Å². The predicted octanol–water partition coefficient (Wildman–Crippen LogP) is 2.05. The van der Waals surface area contributed by atoms with Gasteiger partial charge in [-0.25, -0.2) is 0 Å². The van der Waals surface area contributed by atoms with Crippen LogP contribution >= 0.6 is 0 Å². The van der Waals surface area contributed by atoms with Crippen molar-refractivity contribution in [2.45, 2.75) is 38.8 Å². The van der Waals surface area contributed by atoms with Crippen LogP contribution in [-0.2, 0) is 9.53 Å². The minimum Gasteiger partial charge on any atom is -0.493 e. The fourth-order valence-corrected chi connectivity index (χ4v) is 2.04. The average Bonchev–Trinajstić information content (AvgIpc) is 2.39. The molecule has 0 radical (unpaired) electrons. The first-order valence-electron chi connectivity index (χ1n) is 6.48. The fraction of sp³-hybridized carbons (Fsp3) is 0.533. The first kappa shape index (κ1) is 16.3. The summed E-state index contributed by atoms with van der Waals surface area (Å²) in [6, 6.07) is 5.67. The molecule has 0 bridgehead atoms. The maximum atomic E-state index is 11.6. The lowest BCUT2D eigenvalue weighted by Crippen LogP contribution is -2.48. The molecule has 5 nitrogen and oxygen atoms in total.